The van der Waals surface area contributed by atoms with E-state index in [0.717, 1.165) is 0 Å². The van der Waals surface area contributed by atoms with Gasteiger partial charge in [-0.3, -0.25) is 0 Å². The zero-order chi connectivity index (χ0) is 8.10. The van der Waals surface area contributed by atoms with E-state index in [9.17, 15) is 0 Å². The van der Waals surface area contributed by atoms with Crippen molar-refractivity contribution in [3.63, 3.8) is 0 Å². The summed E-state index contributed by atoms with van der Waals surface area (Å²) in [7, 11) is 1.76. The maximum atomic E-state index is 5.58. The predicted molar refractivity (Wildman–Crippen MR) is 49.9 cm³/mol. The fraction of sp³-hybridized carbons (Fsp3) is 1.00. The monoisotopic (exact) mass is 175 g/mol. The van der Waals surface area contributed by atoms with Gasteiger partial charge in [0.1, 0.15) is 0 Å². The number of nitrogens with two attached hydrogens (primary N) is 1. The molecule has 66 valence electrons. The van der Waals surface area contributed by atoms with Crippen LogP contribution in [0, 0.1) is 5.92 Å². The summed E-state index contributed by atoms with van der Waals surface area (Å²) in [5.41, 5.74) is 5.58. The van der Waals surface area contributed by atoms with Gasteiger partial charge >= 0.3 is 0 Å². The van der Waals surface area contributed by atoms with Crippen LogP contribution in [0.3, 0.4) is 0 Å². The summed E-state index contributed by atoms with van der Waals surface area (Å²) in [5, 5.41) is 0. The van der Waals surface area contributed by atoms with Crippen molar-refractivity contribution in [3.05, 3.63) is 0 Å². The number of hydrogen-bond donors (Lipinski definition) is 1. The number of ether oxygens (including phenoxy) is 1. The minimum atomic E-state index is 0.294. The van der Waals surface area contributed by atoms with Gasteiger partial charge in [-0.25, -0.2) is 0 Å². The molecular formula is C8H17NOS. The first-order valence-electron chi connectivity index (χ1n) is 4.19. The Kier molecular flexibility index (Phi) is 4.26. The predicted octanol–water partition coefficient (Wildman–Crippen LogP) is 1.10. The van der Waals surface area contributed by atoms with Crippen LogP contribution in [0.25, 0.3) is 0 Å². The van der Waals surface area contributed by atoms with Crippen LogP contribution < -0.4 is 5.73 Å². The molecule has 0 aliphatic carbocycles. The van der Waals surface area contributed by atoms with Gasteiger partial charge in [0.2, 0.25) is 0 Å². The summed E-state index contributed by atoms with van der Waals surface area (Å²) in [6.07, 6.45) is 2.92. The van der Waals surface area contributed by atoms with Gasteiger partial charge in [-0.15, -0.1) is 0 Å². The highest BCUT2D eigenvalue weighted by molar-refractivity contribution is 7.99. The lowest BCUT2D eigenvalue weighted by Crippen LogP contribution is -2.33. The van der Waals surface area contributed by atoms with Crippen molar-refractivity contribution in [2.24, 2.45) is 11.7 Å². The second kappa shape index (κ2) is 5.01. The number of hydrogen-bond acceptors (Lipinski definition) is 3. The first kappa shape index (κ1) is 9.36. The molecule has 1 heterocycles. The van der Waals surface area contributed by atoms with Crippen molar-refractivity contribution in [1.29, 1.82) is 0 Å². The summed E-state index contributed by atoms with van der Waals surface area (Å²) in [4.78, 5) is 0. The van der Waals surface area contributed by atoms with Gasteiger partial charge in [0.15, 0.2) is 0 Å². The van der Waals surface area contributed by atoms with Crippen molar-refractivity contribution in [2.45, 2.75) is 18.9 Å². The van der Waals surface area contributed by atoms with Gasteiger partial charge in [0.25, 0.3) is 0 Å². The molecule has 0 saturated carbocycles. The molecule has 1 saturated heterocycles. The quantitative estimate of drug-likeness (QED) is 0.697. The van der Waals surface area contributed by atoms with Gasteiger partial charge in [-0.05, 0) is 30.3 Å². The fourth-order valence-corrected chi connectivity index (χ4v) is 2.76. The average Bonchev–Trinajstić information content (AvgIpc) is 2.09. The molecule has 2 unspecified atom stereocenters. The Hall–Kier alpha value is 0.270. The molecule has 0 bridgehead atoms. The lowest BCUT2D eigenvalue weighted by Gasteiger charge is -2.27. The van der Waals surface area contributed by atoms with Crippen LogP contribution in [0.1, 0.15) is 12.8 Å². The van der Waals surface area contributed by atoms with Crippen LogP contribution in [0.4, 0.5) is 0 Å². The minimum Gasteiger partial charge on any atom is -0.380 e. The van der Waals surface area contributed by atoms with Crippen LogP contribution in [0.5, 0.6) is 0 Å². The Bertz CT molecular complexity index is 100. The molecular weight excluding hydrogens is 158 g/mol. The molecule has 1 aliphatic heterocycles. The maximum Gasteiger partial charge on any atom is 0.0729 e. The van der Waals surface area contributed by atoms with Crippen molar-refractivity contribution >= 4 is 11.8 Å². The van der Waals surface area contributed by atoms with E-state index < -0.39 is 0 Å². The largest absolute Gasteiger partial charge is 0.380 e. The highest BCUT2D eigenvalue weighted by Gasteiger charge is 2.22. The van der Waals surface area contributed by atoms with Gasteiger partial charge in [-0.1, -0.05) is 0 Å². The summed E-state index contributed by atoms with van der Waals surface area (Å²) in [5.74, 6) is 3.25. The Labute approximate surface area is 72.9 Å². The smallest absolute Gasteiger partial charge is 0.0729 e. The zero-order valence-electron chi connectivity index (χ0n) is 7.08. The molecule has 1 fully saturated rings. The second-order valence-corrected chi connectivity index (χ2v) is 4.14. The third-order valence-corrected chi connectivity index (χ3v) is 3.50. The topological polar surface area (TPSA) is 35.2 Å². The van der Waals surface area contributed by atoms with Gasteiger partial charge in [0.05, 0.1) is 6.10 Å². The highest BCUT2D eigenvalue weighted by Crippen LogP contribution is 2.25. The first-order valence-corrected chi connectivity index (χ1v) is 5.34. The molecule has 0 amide bonds. The number of rotatable bonds is 3. The van der Waals surface area contributed by atoms with Crippen LogP contribution in [-0.2, 0) is 4.74 Å². The molecule has 0 radical (unpaired) electrons. The van der Waals surface area contributed by atoms with Crippen LogP contribution in [-0.4, -0.2) is 31.3 Å². The molecule has 2 nitrogen and oxygen atoms in total. The van der Waals surface area contributed by atoms with Crippen LogP contribution in [0.15, 0.2) is 0 Å². The lowest BCUT2D eigenvalue weighted by atomic mass is 9.99. The molecule has 3 heteroatoms. The van der Waals surface area contributed by atoms with Crippen molar-refractivity contribution in [2.75, 3.05) is 25.2 Å². The lowest BCUT2D eigenvalue weighted by molar-refractivity contribution is 0.0629. The number of methoxy groups -OCH3 is 1. The molecule has 1 rings (SSSR count). The van der Waals surface area contributed by atoms with Crippen molar-refractivity contribution in [1.82, 2.24) is 0 Å². The maximum absolute atomic E-state index is 5.58. The number of thioether (sulfide) groups is 1. The van der Waals surface area contributed by atoms with E-state index >= 15 is 0 Å². The van der Waals surface area contributed by atoms with E-state index in [1.807, 2.05) is 11.8 Å². The minimum absolute atomic E-state index is 0.294. The first-order chi connectivity index (χ1) is 5.38. The van der Waals surface area contributed by atoms with Gasteiger partial charge in [0, 0.05) is 13.7 Å². The Balaban J connectivity index is 2.30. The molecule has 0 aromatic heterocycles. The molecule has 0 aromatic rings. The summed E-state index contributed by atoms with van der Waals surface area (Å²) in [6, 6.07) is 0. The van der Waals surface area contributed by atoms with E-state index in [1.54, 1.807) is 7.11 Å². The summed E-state index contributed by atoms with van der Waals surface area (Å²) >= 11 is 2.03. The normalized spacial score (nSPS) is 28.4. The Morgan fingerprint density at radius 1 is 1.73 bits per heavy atom. The molecule has 2 atom stereocenters. The molecule has 1 aliphatic rings. The SMILES string of the molecule is COC(CN)C1CCCSC1. The Morgan fingerprint density at radius 2 is 2.55 bits per heavy atom. The van der Waals surface area contributed by atoms with E-state index in [1.165, 1.54) is 24.3 Å². The molecule has 2 N–H and O–H groups in total. The van der Waals surface area contributed by atoms with Crippen molar-refractivity contribution < 1.29 is 4.74 Å². The molecule has 0 aromatic carbocycles. The summed E-state index contributed by atoms with van der Waals surface area (Å²) < 4.78 is 5.30. The van der Waals surface area contributed by atoms with E-state index in [0.29, 0.717) is 18.6 Å². The standard InChI is InChI=1S/C8H17NOS/c1-10-8(5-9)7-3-2-4-11-6-7/h7-8H,2-6,9H2,1H3. The summed E-state index contributed by atoms with van der Waals surface area (Å²) in [6.45, 7) is 0.668. The van der Waals surface area contributed by atoms with Gasteiger partial charge < -0.3 is 10.5 Å². The van der Waals surface area contributed by atoms with E-state index in [-0.39, 0.29) is 0 Å². The molecule has 11 heavy (non-hydrogen) atoms. The Morgan fingerprint density at radius 3 is 3.00 bits per heavy atom. The van der Waals surface area contributed by atoms with E-state index in [2.05, 4.69) is 0 Å². The molecule has 0 spiro atoms. The van der Waals surface area contributed by atoms with Crippen molar-refractivity contribution in [3.8, 4) is 0 Å². The van der Waals surface area contributed by atoms with Crippen LogP contribution >= 0.6 is 11.8 Å². The highest BCUT2D eigenvalue weighted by atomic mass is 32.2. The van der Waals surface area contributed by atoms with E-state index in [4.69, 9.17) is 10.5 Å². The third-order valence-electron chi connectivity index (χ3n) is 2.26. The van der Waals surface area contributed by atoms with Crippen LogP contribution in [0.2, 0.25) is 0 Å². The zero-order valence-corrected chi connectivity index (χ0v) is 7.90. The fourth-order valence-electron chi connectivity index (χ4n) is 1.54. The van der Waals surface area contributed by atoms with Gasteiger partial charge in [-0.2, -0.15) is 11.8 Å². The third kappa shape index (κ3) is 2.65. The average molecular weight is 175 g/mol. The second-order valence-electron chi connectivity index (χ2n) is 2.99.